The summed E-state index contributed by atoms with van der Waals surface area (Å²) in [6.45, 7) is 4.32. The second kappa shape index (κ2) is 7.29. The number of amides is 1. The predicted octanol–water partition coefficient (Wildman–Crippen LogP) is 2.82. The standard InChI is InChI=1S/C19H24N2O2/c1-19(2,23)14-20-18(22)16-10-7-11-17(12-16)21(3)13-15-8-5-4-6-9-15/h4-12,23H,13-14H2,1-3H3,(H,20,22). The van der Waals surface area contributed by atoms with Crippen molar-refractivity contribution < 1.29 is 9.90 Å². The Kier molecular flexibility index (Phi) is 5.40. The molecule has 0 atom stereocenters. The molecule has 2 aromatic carbocycles. The van der Waals surface area contributed by atoms with Gasteiger partial charge in [0.2, 0.25) is 0 Å². The average Bonchev–Trinajstić information content (AvgIpc) is 2.53. The van der Waals surface area contributed by atoms with E-state index < -0.39 is 5.60 Å². The molecule has 0 spiro atoms. The monoisotopic (exact) mass is 312 g/mol. The molecule has 1 amide bonds. The summed E-state index contributed by atoms with van der Waals surface area (Å²) in [5.41, 5.74) is 1.86. The number of nitrogens with one attached hydrogen (secondary N) is 1. The first-order valence-corrected chi connectivity index (χ1v) is 7.71. The number of anilines is 1. The molecule has 0 radical (unpaired) electrons. The summed E-state index contributed by atoms with van der Waals surface area (Å²) in [6, 6.07) is 17.7. The van der Waals surface area contributed by atoms with Gasteiger partial charge in [0, 0.05) is 31.4 Å². The van der Waals surface area contributed by atoms with Crippen LogP contribution in [-0.2, 0) is 6.54 Å². The van der Waals surface area contributed by atoms with Crippen molar-refractivity contribution in [1.82, 2.24) is 5.32 Å². The van der Waals surface area contributed by atoms with Crippen LogP contribution in [0.5, 0.6) is 0 Å². The third-order valence-corrected chi connectivity index (χ3v) is 3.49. The lowest BCUT2D eigenvalue weighted by Crippen LogP contribution is -2.38. The van der Waals surface area contributed by atoms with Gasteiger partial charge in [0.25, 0.3) is 5.91 Å². The first-order chi connectivity index (χ1) is 10.8. The zero-order valence-electron chi connectivity index (χ0n) is 13.9. The molecule has 0 saturated carbocycles. The fourth-order valence-corrected chi connectivity index (χ4v) is 2.23. The van der Waals surface area contributed by atoms with E-state index in [0.717, 1.165) is 12.2 Å². The third kappa shape index (κ3) is 5.42. The van der Waals surface area contributed by atoms with E-state index in [0.29, 0.717) is 5.56 Å². The van der Waals surface area contributed by atoms with Crippen LogP contribution in [0.3, 0.4) is 0 Å². The summed E-state index contributed by atoms with van der Waals surface area (Å²) in [6.07, 6.45) is 0. The largest absolute Gasteiger partial charge is 0.389 e. The second-order valence-corrected chi connectivity index (χ2v) is 6.39. The Bertz CT molecular complexity index is 648. The molecule has 0 aliphatic heterocycles. The highest BCUT2D eigenvalue weighted by Crippen LogP contribution is 2.17. The molecule has 0 aliphatic rings. The fraction of sp³-hybridized carbons (Fsp3) is 0.316. The van der Waals surface area contributed by atoms with Gasteiger partial charge in [-0.1, -0.05) is 36.4 Å². The molecule has 0 bridgehead atoms. The van der Waals surface area contributed by atoms with Crippen LogP contribution in [0.1, 0.15) is 29.8 Å². The third-order valence-electron chi connectivity index (χ3n) is 3.49. The van der Waals surface area contributed by atoms with E-state index in [2.05, 4.69) is 22.3 Å². The minimum atomic E-state index is -0.919. The molecule has 4 heteroatoms. The first kappa shape index (κ1) is 17.0. The van der Waals surface area contributed by atoms with Crippen molar-refractivity contribution in [3.8, 4) is 0 Å². The minimum Gasteiger partial charge on any atom is -0.389 e. The molecule has 4 nitrogen and oxygen atoms in total. The number of carbonyl (C=O) groups excluding carboxylic acids is 1. The quantitative estimate of drug-likeness (QED) is 0.862. The van der Waals surface area contributed by atoms with Crippen LogP contribution in [0, 0.1) is 0 Å². The van der Waals surface area contributed by atoms with Gasteiger partial charge in [-0.15, -0.1) is 0 Å². The Balaban J connectivity index is 2.05. The molecule has 0 heterocycles. The zero-order valence-corrected chi connectivity index (χ0v) is 13.9. The molecule has 0 aliphatic carbocycles. The lowest BCUT2D eigenvalue weighted by Gasteiger charge is -2.21. The molecule has 0 fully saturated rings. The van der Waals surface area contributed by atoms with Crippen LogP contribution >= 0.6 is 0 Å². The summed E-state index contributed by atoms with van der Waals surface area (Å²) in [5.74, 6) is -0.179. The number of aliphatic hydroxyl groups is 1. The predicted molar refractivity (Wildman–Crippen MR) is 93.6 cm³/mol. The molecule has 0 aromatic heterocycles. The molecular weight excluding hydrogens is 288 g/mol. The van der Waals surface area contributed by atoms with Crippen LogP contribution in [0.2, 0.25) is 0 Å². The summed E-state index contributed by atoms with van der Waals surface area (Å²) in [5, 5.41) is 12.4. The van der Waals surface area contributed by atoms with Gasteiger partial charge in [0.15, 0.2) is 0 Å². The van der Waals surface area contributed by atoms with E-state index in [-0.39, 0.29) is 12.5 Å². The van der Waals surface area contributed by atoms with Gasteiger partial charge in [-0.25, -0.2) is 0 Å². The van der Waals surface area contributed by atoms with E-state index >= 15 is 0 Å². The van der Waals surface area contributed by atoms with E-state index in [1.54, 1.807) is 19.9 Å². The second-order valence-electron chi connectivity index (χ2n) is 6.39. The highest BCUT2D eigenvalue weighted by Gasteiger charge is 2.15. The molecule has 0 unspecified atom stereocenters. The van der Waals surface area contributed by atoms with Crippen molar-refractivity contribution in [2.24, 2.45) is 0 Å². The maximum Gasteiger partial charge on any atom is 0.251 e. The summed E-state index contributed by atoms with van der Waals surface area (Å²) in [7, 11) is 2.00. The maximum absolute atomic E-state index is 12.2. The number of benzene rings is 2. The minimum absolute atomic E-state index is 0.179. The Hall–Kier alpha value is -2.33. The van der Waals surface area contributed by atoms with Gasteiger partial charge in [-0.3, -0.25) is 4.79 Å². The van der Waals surface area contributed by atoms with Gasteiger partial charge in [0.05, 0.1) is 5.60 Å². The van der Waals surface area contributed by atoms with Crippen molar-refractivity contribution in [2.45, 2.75) is 26.0 Å². The smallest absolute Gasteiger partial charge is 0.251 e. The van der Waals surface area contributed by atoms with Crippen LogP contribution in [-0.4, -0.2) is 30.2 Å². The van der Waals surface area contributed by atoms with Crippen LogP contribution in [0.25, 0.3) is 0 Å². The van der Waals surface area contributed by atoms with E-state index in [1.165, 1.54) is 5.56 Å². The zero-order chi connectivity index (χ0) is 16.9. The number of hydrogen-bond donors (Lipinski definition) is 2. The van der Waals surface area contributed by atoms with Crippen molar-refractivity contribution in [3.63, 3.8) is 0 Å². The highest BCUT2D eigenvalue weighted by molar-refractivity contribution is 5.95. The molecule has 2 rings (SSSR count). The van der Waals surface area contributed by atoms with Gasteiger partial charge < -0.3 is 15.3 Å². The van der Waals surface area contributed by atoms with Crippen molar-refractivity contribution in [1.29, 1.82) is 0 Å². The van der Waals surface area contributed by atoms with Crippen molar-refractivity contribution in [2.75, 3.05) is 18.5 Å². The van der Waals surface area contributed by atoms with Crippen molar-refractivity contribution >= 4 is 11.6 Å². The van der Waals surface area contributed by atoms with Gasteiger partial charge in [0.1, 0.15) is 0 Å². The van der Waals surface area contributed by atoms with Gasteiger partial charge in [-0.2, -0.15) is 0 Å². The van der Waals surface area contributed by atoms with Crippen LogP contribution in [0.4, 0.5) is 5.69 Å². The topological polar surface area (TPSA) is 52.6 Å². The number of nitrogens with zero attached hydrogens (tertiary/aromatic N) is 1. The molecule has 23 heavy (non-hydrogen) atoms. The first-order valence-electron chi connectivity index (χ1n) is 7.71. The van der Waals surface area contributed by atoms with Crippen LogP contribution in [0.15, 0.2) is 54.6 Å². The van der Waals surface area contributed by atoms with E-state index in [4.69, 9.17) is 0 Å². The Morgan fingerprint density at radius 3 is 2.48 bits per heavy atom. The molecular formula is C19H24N2O2. The lowest BCUT2D eigenvalue weighted by molar-refractivity contribution is 0.0694. The number of rotatable bonds is 6. The lowest BCUT2D eigenvalue weighted by atomic mass is 10.1. The molecule has 2 aromatic rings. The average molecular weight is 312 g/mol. The molecule has 0 saturated heterocycles. The summed E-state index contributed by atoms with van der Waals surface area (Å²) in [4.78, 5) is 14.3. The fourth-order valence-electron chi connectivity index (χ4n) is 2.23. The van der Waals surface area contributed by atoms with Crippen LogP contribution < -0.4 is 10.2 Å². The number of hydrogen-bond acceptors (Lipinski definition) is 3. The number of carbonyl (C=O) groups is 1. The highest BCUT2D eigenvalue weighted by atomic mass is 16.3. The van der Waals surface area contributed by atoms with Gasteiger partial charge >= 0.3 is 0 Å². The van der Waals surface area contributed by atoms with E-state index in [1.807, 2.05) is 43.4 Å². The summed E-state index contributed by atoms with van der Waals surface area (Å²) < 4.78 is 0. The Labute approximate surface area is 137 Å². The summed E-state index contributed by atoms with van der Waals surface area (Å²) >= 11 is 0. The maximum atomic E-state index is 12.2. The van der Waals surface area contributed by atoms with Crippen molar-refractivity contribution in [3.05, 3.63) is 65.7 Å². The van der Waals surface area contributed by atoms with E-state index in [9.17, 15) is 9.90 Å². The Morgan fingerprint density at radius 2 is 1.83 bits per heavy atom. The molecule has 2 N–H and O–H groups in total. The molecule has 122 valence electrons. The normalized spacial score (nSPS) is 11.1. The SMILES string of the molecule is CN(Cc1ccccc1)c1cccc(C(=O)NCC(C)(C)O)c1. The Morgan fingerprint density at radius 1 is 1.13 bits per heavy atom. The van der Waals surface area contributed by atoms with Gasteiger partial charge in [-0.05, 0) is 37.6 Å².